The highest BCUT2D eigenvalue weighted by atomic mass is 35.5. The van der Waals surface area contributed by atoms with Gasteiger partial charge in [-0.25, -0.2) is 19.2 Å². The van der Waals surface area contributed by atoms with E-state index in [1.807, 2.05) is 0 Å². The second kappa shape index (κ2) is 6.78. The van der Waals surface area contributed by atoms with Gasteiger partial charge in [0.2, 0.25) is 0 Å². The average molecular weight is 337 g/mol. The van der Waals surface area contributed by atoms with Crippen LogP contribution in [0, 0.1) is 5.82 Å². The number of urea groups is 1. The van der Waals surface area contributed by atoms with Crippen LogP contribution < -0.4 is 10.1 Å². The molecule has 0 radical (unpaired) electrons. The molecule has 23 heavy (non-hydrogen) atoms. The van der Waals surface area contributed by atoms with Crippen molar-refractivity contribution in [3.8, 4) is 6.01 Å². The molecule has 1 unspecified atom stereocenters. The van der Waals surface area contributed by atoms with Gasteiger partial charge in [0.1, 0.15) is 11.9 Å². The van der Waals surface area contributed by atoms with E-state index in [4.69, 9.17) is 16.3 Å². The second-order valence-electron chi connectivity index (χ2n) is 5.10. The highest BCUT2D eigenvalue weighted by Gasteiger charge is 2.28. The Morgan fingerprint density at radius 1 is 1.30 bits per heavy atom. The van der Waals surface area contributed by atoms with Gasteiger partial charge in [0.15, 0.2) is 0 Å². The minimum atomic E-state index is -0.347. The van der Waals surface area contributed by atoms with Gasteiger partial charge in [0.25, 0.3) is 0 Å². The molecular formula is C15H14ClFN4O2. The Morgan fingerprint density at radius 3 is 2.70 bits per heavy atom. The zero-order valence-corrected chi connectivity index (χ0v) is 12.8. The monoisotopic (exact) mass is 336 g/mol. The maximum Gasteiger partial charge on any atom is 0.321 e. The number of carbonyl (C=O) groups is 1. The summed E-state index contributed by atoms with van der Waals surface area (Å²) >= 11 is 5.71. The Labute approximate surface area is 137 Å². The van der Waals surface area contributed by atoms with E-state index >= 15 is 0 Å². The predicted molar refractivity (Wildman–Crippen MR) is 83.1 cm³/mol. The van der Waals surface area contributed by atoms with Gasteiger partial charge in [-0.3, -0.25) is 0 Å². The number of hydrogen-bond donors (Lipinski definition) is 1. The Bertz CT molecular complexity index is 681. The third kappa shape index (κ3) is 4.07. The van der Waals surface area contributed by atoms with E-state index in [1.54, 1.807) is 4.90 Å². The van der Waals surface area contributed by atoms with Crippen molar-refractivity contribution in [2.24, 2.45) is 0 Å². The number of nitrogens with one attached hydrogen (secondary N) is 1. The Balaban J connectivity index is 1.53. The van der Waals surface area contributed by atoms with Gasteiger partial charge in [-0.05, 0) is 24.3 Å². The molecule has 1 saturated heterocycles. The predicted octanol–water partition coefficient (Wildman–Crippen LogP) is 2.95. The molecule has 1 fully saturated rings. The van der Waals surface area contributed by atoms with Crippen LogP contribution in [0.3, 0.4) is 0 Å². The number of aromatic nitrogens is 2. The SMILES string of the molecule is O=C(Nc1ccc(F)cc1)N1CCC(Oc2ncc(Cl)cn2)C1. The smallest absolute Gasteiger partial charge is 0.321 e. The molecule has 120 valence electrons. The summed E-state index contributed by atoms with van der Waals surface area (Å²) < 4.78 is 18.5. The number of anilines is 1. The molecule has 0 bridgehead atoms. The number of hydrogen-bond acceptors (Lipinski definition) is 4. The molecule has 0 spiro atoms. The van der Waals surface area contributed by atoms with Gasteiger partial charge in [0.05, 0.1) is 24.0 Å². The van der Waals surface area contributed by atoms with Gasteiger partial charge in [-0.1, -0.05) is 11.6 Å². The fraction of sp³-hybridized carbons (Fsp3) is 0.267. The molecule has 1 aliphatic rings. The van der Waals surface area contributed by atoms with Crippen LogP contribution in [0.15, 0.2) is 36.7 Å². The summed E-state index contributed by atoms with van der Waals surface area (Å²) in [4.78, 5) is 21.7. The van der Waals surface area contributed by atoms with Gasteiger partial charge in [-0.2, -0.15) is 0 Å². The lowest BCUT2D eigenvalue weighted by atomic mass is 10.3. The quantitative estimate of drug-likeness (QED) is 0.935. The van der Waals surface area contributed by atoms with Crippen molar-refractivity contribution in [2.75, 3.05) is 18.4 Å². The molecule has 6 nitrogen and oxygen atoms in total. The number of benzene rings is 1. The van der Waals surface area contributed by atoms with Crippen molar-refractivity contribution in [1.82, 2.24) is 14.9 Å². The van der Waals surface area contributed by atoms with Gasteiger partial charge in [0, 0.05) is 18.7 Å². The summed E-state index contributed by atoms with van der Waals surface area (Å²) in [6.07, 6.45) is 3.42. The van der Waals surface area contributed by atoms with E-state index < -0.39 is 0 Å². The van der Waals surface area contributed by atoms with Crippen molar-refractivity contribution in [1.29, 1.82) is 0 Å². The van der Waals surface area contributed by atoms with Crippen molar-refractivity contribution in [3.05, 3.63) is 47.5 Å². The molecule has 1 aromatic heterocycles. The number of amides is 2. The maximum atomic E-state index is 12.8. The number of halogens is 2. The molecule has 8 heteroatoms. The van der Waals surface area contributed by atoms with Crippen molar-refractivity contribution < 1.29 is 13.9 Å². The summed E-state index contributed by atoms with van der Waals surface area (Å²) in [6, 6.07) is 5.60. The van der Waals surface area contributed by atoms with Crippen LogP contribution in [0.4, 0.5) is 14.9 Å². The van der Waals surface area contributed by atoms with Gasteiger partial charge < -0.3 is 15.0 Å². The van der Waals surface area contributed by atoms with Crippen LogP contribution >= 0.6 is 11.6 Å². The van der Waals surface area contributed by atoms with Crippen LogP contribution in [0.2, 0.25) is 5.02 Å². The molecule has 1 aromatic carbocycles. The lowest BCUT2D eigenvalue weighted by Gasteiger charge is -2.17. The molecule has 2 heterocycles. The summed E-state index contributed by atoms with van der Waals surface area (Å²) in [5.74, 6) is -0.347. The van der Waals surface area contributed by atoms with E-state index in [-0.39, 0.29) is 24.0 Å². The first-order valence-corrected chi connectivity index (χ1v) is 7.43. The average Bonchev–Trinajstić information content (AvgIpc) is 3.00. The summed E-state index contributed by atoms with van der Waals surface area (Å²) in [5, 5.41) is 3.15. The molecule has 1 aliphatic heterocycles. The first-order valence-electron chi connectivity index (χ1n) is 7.06. The Kier molecular flexibility index (Phi) is 4.57. The maximum absolute atomic E-state index is 12.8. The summed E-state index contributed by atoms with van der Waals surface area (Å²) in [7, 11) is 0. The number of ether oxygens (including phenoxy) is 1. The highest BCUT2D eigenvalue weighted by Crippen LogP contribution is 2.17. The summed E-state index contributed by atoms with van der Waals surface area (Å²) in [6.45, 7) is 0.990. The fourth-order valence-electron chi connectivity index (χ4n) is 2.25. The van der Waals surface area contributed by atoms with Gasteiger partial charge >= 0.3 is 12.0 Å². The van der Waals surface area contributed by atoms with E-state index in [9.17, 15) is 9.18 Å². The van der Waals surface area contributed by atoms with Crippen molar-refractivity contribution in [2.45, 2.75) is 12.5 Å². The van der Waals surface area contributed by atoms with E-state index in [0.29, 0.717) is 30.2 Å². The van der Waals surface area contributed by atoms with Crippen LogP contribution in [0.25, 0.3) is 0 Å². The highest BCUT2D eigenvalue weighted by molar-refractivity contribution is 6.30. The molecule has 0 aliphatic carbocycles. The van der Waals surface area contributed by atoms with Crippen LogP contribution in [-0.4, -0.2) is 40.1 Å². The zero-order chi connectivity index (χ0) is 16.2. The number of likely N-dealkylation sites (tertiary alicyclic amines) is 1. The third-order valence-corrected chi connectivity index (χ3v) is 3.59. The third-order valence-electron chi connectivity index (χ3n) is 3.40. The zero-order valence-electron chi connectivity index (χ0n) is 12.1. The lowest BCUT2D eigenvalue weighted by Crippen LogP contribution is -2.34. The van der Waals surface area contributed by atoms with Gasteiger partial charge in [-0.15, -0.1) is 0 Å². The summed E-state index contributed by atoms with van der Waals surface area (Å²) in [5.41, 5.74) is 0.543. The lowest BCUT2D eigenvalue weighted by molar-refractivity contribution is 0.184. The van der Waals surface area contributed by atoms with Crippen LogP contribution in [-0.2, 0) is 0 Å². The fourth-order valence-corrected chi connectivity index (χ4v) is 2.35. The number of carbonyl (C=O) groups excluding carboxylic acids is 1. The normalized spacial score (nSPS) is 17.1. The standard InChI is InChI=1S/C15H14ClFN4O2/c16-10-7-18-14(19-8-10)23-13-5-6-21(9-13)15(22)20-12-3-1-11(17)2-4-12/h1-4,7-8,13H,5-6,9H2,(H,20,22). The minimum absolute atomic E-state index is 0.171. The minimum Gasteiger partial charge on any atom is -0.458 e. The first kappa shape index (κ1) is 15.5. The molecule has 1 N–H and O–H groups in total. The second-order valence-corrected chi connectivity index (χ2v) is 5.53. The first-order chi connectivity index (χ1) is 11.1. The Morgan fingerprint density at radius 2 is 2.00 bits per heavy atom. The van der Waals surface area contributed by atoms with Crippen molar-refractivity contribution >= 4 is 23.3 Å². The van der Waals surface area contributed by atoms with E-state index in [0.717, 1.165) is 0 Å². The number of rotatable bonds is 3. The Hall–Kier alpha value is -2.41. The molecule has 0 saturated carbocycles. The van der Waals surface area contributed by atoms with Crippen molar-refractivity contribution in [3.63, 3.8) is 0 Å². The topological polar surface area (TPSA) is 67.4 Å². The van der Waals surface area contributed by atoms with E-state index in [1.165, 1.54) is 36.7 Å². The van der Waals surface area contributed by atoms with Crippen LogP contribution in [0.1, 0.15) is 6.42 Å². The largest absolute Gasteiger partial charge is 0.458 e. The molecule has 2 amide bonds. The molecule has 2 aromatic rings. The van der Waals surface area contributed by atoms with Crippen LogP contribution in [0.5, 0.6) is 6.01 Å². The van der Waals surface area contributed by atoms with E-state index in [2.05, 4.69) is 15.3 Å². The molecule has 3 rings (SSSR count). The molecule has 1 atom stereocenters. The molecular weight excluding hydrogens is 323 g/mol. The number of nitrogens with zero attached hydrogens (tertiary/aromatic N) is 3.